The van der Waals surface area contributed by atoms with E-state index in [4.69, 9.17) is 5.26 Å². The Labute approximate surface area is 54.7 Å². The van der Waals surface area contributed by atoms with Gasteiger partial charge in [0.2, 0.25) is 5.91 Å². The van der Waals surface area contributed by atoms with Crippen molar-refractivity contribution >= 4 is 5.91 Å². The lowest BCUT2D eigenvalue weighted by molar-refractivity contribution is -0.126. The third kappa shape index (κ3) is 1.73. The first-order valence-electron chi connectivity index (χ1n) is 2.68. The van der Waals surface area contributed by atoms with E-state index in [1.807, 2.05) is 6.07 Å². The number of carbonyl (C=O) groups excluding carboxylic acids is 1. The molecule has 0 heterocycles. The molecule has 0 atom stereocenters. The molecule has 0 aliphatic carbocycles. The molecule has 0 radical (unpaired) electrons. The number of rotatable bonds is 1. The van der Waals surface area contributed by atoms with Crippen LogP contribution in [0, 0.1) is 16.7 Å². The van der Waals surface area contributed by atoms with Crippen molar-refractivity contribution in [3.8, 4) is 6.07 Å². The maximum absolute atomic E-state index is 10.7. The Hall–Kier alpha value is -1.04. The second-order valence-corrected chi connectivity index (χ2v) is 2.32. The summed E-state index contributed by atoms with van der Waals surface area (Å²) in [5.41, 5.74) is -0.894. The highest BCUT2D eigenvalue weighted by Crippen LogP contribution is 2.11. The number of hydrogen-bond acceptors (Lipinski definition) is 2. The van der Waals surface area contributed by atoms with Gasteiger partial charge in [-0.2, -0.15) is 5.26 Å². The van der Waals surface area contributed by atoms with E-state index in [1.54, 1.807) is 13.8 Å². The Bertz CT molecular complexity index is 155. The molecule has 0 saturated heterocycles. The summed E-state index contributed by atoms with van der Waals surface area (Å²) in [5.74, 6) is -0.245. The van der Waals surface area contributed by atoms with Crippen LogP contribution in [-0.4, -0.2) is 13.0 Å². The second-order valence-electron chi connectivity index (χ2n) is 2.32. The van der Waals surface area contributed by atoms with Gasteiger partial charge in [-0.15, -0.1) is 0 Å². The normalized spacial score (nSPS) is 10.0. The zero-order valence-corrected chi connectivity index (χ0v) is 5.86. The number of amides is 1. The van der Waals surface area contributed by atoms with Crippen molar-refractivity contribution in [3.05, 3.63) is 0 Å². The van der Waals surface area contributed by atoms with Gasteiger partial charge >= 0.3 is 0 Å². The predicted octanol–water partition coefficient (Wildman–Crippen LogP) is 0.282. The van der Waals surface area contributed by atoms with Gasteiger partial charge in [0.25, 0.3) is 0 Å². The topological polar surface area (TPSA) is 52.9 Å². The second kappa shape index (κ2) is 2.49. The number of nitrogens with zero attached hydrogens (tertiary/aromatic N) is 1. The molecule has 3 heteroatoms. The van der Waals surface area contributed by atoms with E-state index in [0.717, 1.165) is 0 Å². The fourth-order valence-corrected chi connectivity index (χ4v) is 0.363. The number of nitriles is 1. The molecule has 0 aromatic rings. The molecule has 0 bridgehead atoms. The van der Waals surface area contributed by atoms with E-state index in [2.05, 4.69) is 5.32 Å². The molecule has 0 spiro atoms. The first-order valence-corrected chi connectivity index (χ1v) is 2.68. The first-order chi connectivity index (χ1) is 4.04. The van der Waals surface area contributed by atoms with Crippen LogP contribution < -0.4 is 5.32 Å². The van der Waals surface area contributed by atoms with Gasteiger partial charge in [0.15, 0.2) is 0 Å². The monoisotopic (exact) mass is 126 g/mol. The predicted molar refractivity (Wildman–Crippen MR) is 33.5 cm³/mol. The van der Waals surface area contributed by atoms with Crippen molar-refractivity contribution in [2.75, 3.05) is 7.05 Å². The molecule has 0 aliphatic heterocycles. The van der Waals surface area contributed by atoms with Gasteiger partial charge in [-0.1, -0.05) is 0 Å². The van der Waals surface area contributed by atoms with Crippen LogP contribution in [0.4, 0.5) is 0 Å². The van der Waals surface area contributed by atoms with Crippen molar-refractivity contribution in [2.24, 2.45) is 5.41 Å². The smallest absolute Gasteiger partial charge is 0.239 e. The number of carbonyl (C=O) groups is 1. The van der Waals surface area contributed by atoms with Crippen molar-refractivity contribution < 1.29 is 4.79 Å². The van der Waals surface area contributed by atoms with Gasteiger partial charge in [-0.05, 0) is 13.8 Å². The Balaban J connectivity index is 4.19. The van der Waals surface area contributed by atoms with Crippen LogP contribution in [0.1, 0.15) is 13.8 Å². The van der Waals surface area contributed by atoms with Crippen LogP contribution >= 0.6 is 0 Å². The SMILES string of the molecule is CNC(=O)C(C)(C)C#N. The lowest BCUT2D eigenvalue weighted by Gasteiger charge is -2.11. The van der Waals surface area contributed by atoms with Crippen LogP contribution in [-0.2, 0) is 4.79 Å². The van der Waals surface area contributed by atoms with Crippen LogP contribution in [0.3, 0.4) is 0 Å². The lowest BCUT2D eigenvalue weighted by atomic mass is 9.95. The Morgan fingerprint density at radius 1 is 1.67 bits per heavy atom. The molecular weight excluding hydrogens is 116 g/mol. The van der Waals surface area contributed by atoms with E-state index < -0.39 is 5.41 Å². The first kappa shape index (κ1) is 7.96. The van der Waals surface area contributed by atoms with E-state index in [9.17, 15) is 4.79 Å². The zero-order chi connectivity index (χ0) is 7.49. The van der Waals surface area contributed by atoms with Crippen LogP contribution in [0.15, 0.2) is 0 Å². The lowest BCUT2D eigenvalue weighted by Crippen LogP contribution is -2.32. The maximum Gasteiger partial charge on any atom is 0.239 e. The zero-order valence-electron chi connectivity index (χ0n) is 5.86. The van der Waals surface area contributed by atoms with Crippen molar-refractivity contribution in [1.82, 2.24) is 5.32 Å². The summed E-state index contributed by atoms with van der Waals surface area (Å²) >= 11 is 0. The van der Waals surface area contributed by atoms with Crippen molar-refractivity contribution in [1.29, 1.82) is 5.26 Å². The Morgan fingerprint density at radius 3 is 2.22 bits per heavy atom. The largest absolute Gasteiger partial charge is 0.358 e. The standard InChI is InChI=1S/C6H10N2O/c1-6(2,4-7)5(9)8-3/h1-3H3,(H,8,9). The minimum absolute atomic E-state index is 0.245. The highest BCUT2D eigenvalue weighted by molar-refractivity contribution is 5.84. The molecule has 0 unspecified atom stereocenters. The fraction of sp³-hybridized carbons (Fsp3) is 0.667. The van der Waals surface area contributed by atoms with E-state index in [0.29, 0.717) is 0 Å². The number of nitrogens with one attached hydrogen (secondary N) is 1. The van der Waals surface area contributed by atoms with Crippen LogP contribution in [0.2, 0.25) is 0 Å². The average molecular weight is 126 g/mol. The van der Waals surface area contributed by atoms with Gasteiger partial charge < -0.3 is 5.32 Å². The van der Waals surface area contributed by atoms with Gasteiger partial charge in [0.05, 0.1) is 6.07 Å². The quantitative estimate of drug-likeness (QED) is 0.548. The summed E-state index contributed by atoms with van der Waals surface area (Å²) in [4.78, 5) is 10.7. The third-order valence-electron chi connectivity index (χ3n) is 1.07. The summed E-state index contributed by atoms with van der Waals surface area (Å²) in [7, 11) is 1.52. The molecule has 0 rings (SSSR count). The van der Waals surface area contributed by atoms with Gasteiger partial charge in [0, 0.05) is 7.05 Å². The minimum atomic E-state index is -0.894. The molecular formula is C6H10N2O. The molecule has 0 aromatic heterocycles. The van der Waals surface area contributed by atoms with Gasteiger partial charge in [-0.3, -0.25) is 4.79 Å². The molecule has 3 nitrogen and oxygen atoms in total. The molecule has 1 N–H and O–H groups in total. The minimum Gasteiger partial charge on any atom is -0.358 e. The molecule has 0 fully saturated rings. The van der Waals surface area contributed by atoms with E-state index in [-0.39, 0.29) is 5.91 Å². The maximum atomic E-state index is 10.7. The van der Waals surface area contributed by atoms with Gasteiger partial charge in [0.1, 0.15) is 5.41 Å². The summed E-state index contributed by atoms with van der Waals surface area (Å²) in [5, 5.41) is 10.8. The molecule has 0 aromatic carbocycles. The van der Waals surface area contributed by atoms with E-state index >= 15 is 0 Å². The van der Waals surface area contributed by atoms with Crippen molar-refractivity contribution in [2.45, 2.75) is 13.8 Å². The molecule has 9 heavy (non-hydrogen) atoms. The number of hydrogen-bond donors (Lipinski definition) is 1. The third-order valence-corrected chi connectivity index (χ3v) is 1.07. The summed E-state index contributed by atoms with van der Waals surface area (Å²) in [6.45, 7) is 3.15. The Kier molecular flexibility index (Phi) is 2.20. The van der Waals surface area contributed by atoms with Crippen LogP contribution in [0.25, 0.3) is 0 Å². The molecule has 50 valence electrons. The fourth-order valence-electron chi connectivity index (χ4n) is 0.363. The molecule has 1 amide bonds. The molecule has 0 aliphatic rings. The highest BCUT2D eigenvalue weighted by atomic mass is 16.2. The Morgan fingerprint density at radius 2 is 2.11 bits per heavy atom. The van der Waals surface area contributed by atoms with E-state index in [1.165, 1.54) is 7.05 Å². The van der Waals surface area contributed by atoms with Crippen LogP contribution in [0.5, 0.6) is 0 Å². The average Bonchev–Trinajstić information content (AvgIpc) is 1.86. The summed E-state index contributed by atoms with van der Waals surface area (Å²) in [6, 6.07) is 1.88. The molecule has 0 saturated carbocycles. The van der Waals surface area contributed by atoms with Gasteiger partial charge in [-0.25, -0.2) is 0 Å². The highest BCUT2D eigenvalue weighted by Gasteiger charge is 2.25. The summed E-state index contributed by atoms with van der Waals surface area (Å²) < 4.78 is 0. The summed E-state index contributed by atoms with van der Waals surface area (Å²) in [6.07, 6.45) is 0. The van der Waals surface area contributed by atoms with Crippen molar-refractivity contribution in [3.63, 3.8) is 0 Å².